The minimum atomic E-state index is -3.58. The third-order valence-corrected chi connectivity index (χ3v) is 4.59. The standard InChI is InChI=1S/C15H16N8O2S/c16-26(24,25)8-10-2-1-3-12(4-10)20-14-17-9-18-15(21-14)23-6-11-5-19-22-13(11)7-23/h1-6,9,15H,7-8H2,(H2,16,24,25)(H2,17,18,20,21). The summed E-state index contributed by atoms with van der Waals surface area (Å²) in [4.78, 5) is 10.8. The summed E-state index contributed by atoms with van der Waals surface area (Å²) in [6, 6.07) is 6.97. The Bertz CT molecular complexity index is 993. The zero-order chi connectivity index (χ0) is 18.1. The lowest BCUT2D eigenvalue weighted by molar-refractivity contribution is 0.334. The van der Waals surface area contributed by atoms with E-state index in [2.05, 4.69) is 30.8 Å². The van der Waals surface area contributed by atoms with Crippen LogP contribution in [0.2, 0.25) is 0 Å². The van der Waals surface area contributed by atoms with Gasteiger partial charge in [0, 0.05) is 17.5 Å². The van der Waals surface area contributed by atoms with E-state index < -0.39 is 16.3 Å². The number of primary sulfonamides is 1. The molecule has 0 fully saturated rings. The number of nitrogens with zero attached hydrogens (tertiary/aromatic N) is 5. The molecule has 134 valence electrons. The van der Waals surface area contributed by atoms with Crippen LogP contribution in [0.3, 0.4) is 0 Å². The van der Waals surface area contributed by atoms with Crippen molar-refractivity contribution < 1.29 is 8.42 Å². The summed E-state index contributed by atoms with van der Waals surface area (Å²) in [5.41, 5.74) is 3.16. The molecule has 0 amide bonds. The van der Waals surface area contributed by atoms with E-state index in [9.17, 15) is 8.42 Å². The fourth-order valence-corrected chi connectivity index (χ4v) is 3.40. The van der Waals surface area contributed by atoms with Gasteiger partial charge in [0.15, 0.2) is 0 Å². The molecule has 0 aliphatic carbocycles. The van der Waals surface area contributed by atoms with E-state index >= 15 is 0 Å². The van der Waals surface area contributed by atoms with Crippen LogP contribution in [-0.2, 0) is 15.8 Å². The number of nitrogens with one attached hydrogen (secondary N) is 2. The fourth-order valence-electron chi connectivity index (χ4n) is 2.76. The maximum Gasteiger partial charge on any atom is 0.221 e. The van der Waals surface area contributed by atoms with Crippen LogP contribution in [0, 0.1) is 0 Å². The first-order chi connectivity index (χ1) is 12.5. The Morgan fingerprint density at radius 2 is 2.27 bits per heavy atom. The van der Waals surface area contributed by atoms with Gasteiger partial charge in [0.25, 0.3) is 0 Å². The molecule has 10 nitrogen and oxygen atoms in total. The monoisotopic (exact) mass is 372 g/mol. The van der Waals surface area contributed by atoms with Gasteiger partial charge in [0.05, 0.1) is 30.6 Å². The largest absolute Gasteiger partial charge is 0.331 e. The Hall–Kier alpha value is -3.05. The lowest BCUT2D eigenvalue weighted by Gasteiger charge is -2.24. The quantitative estimate of drug-likeness (QED) is 0.672. The number of benzene rings is 1. The van der Waals surface area contributed by atoms with E-state index in [0.717, 1.165) is 11.3 Å². The molecule has 1 unspecified atom stereocenters. The first-order valence-corrected chi connectivity index (χ1v) is 9.48. The molecule has 26 heavy (non-hydrogen) atoms. The fraction of sp³-hybridized carbons (Fsp3) is 0.200. The molecule has 0 saturated heterocycles. The summed E-state index contributed by atoms with van der Waals surface area (Å²) in [7, 11) is -3.58. The van der Waals surface area contributed by atoms with Crippen LogP contribution in [0.15, 0.2) is 56.2 Å². The Kier molecular flexibility index (Phi) is 4.01. The normalized spacial score (nSPS) is 21.0. The molecule has 3 aliphatic heterocycles. The van der Waals surface area contributed by atoms with Crippen molar-refractivity contribution in [3.05, 3.63) is 41.6 Å². The summed E-state index contributed by atoms with van der Waals surface area (Å²) in [5.74, 6) is 0.279. The lowest BCUT2D eigenvalue weighted by atomic mass is 10.2. The summed E-state index contributed by atoms with van der Waals surface area (Å²) in [6.07, 6.45) is 4.79. The van der Waals surface area contributed by atoms with Crippen LogP contribution in [0.25, 0.3) is 0 Å². The Morgan fingerprint density at radius 1 is 1.38 bits per heavy atom. The van der Waals surface area contributed by atoms with Gasteiger partial charge in [-0.25, -0.2) is 23.5 Å². The van der Waals surface area contributed by atoms with Crippen molar-refractivity contribution in [2.24, 2.45) is 25.3 Å². The third-order valence-electron chi connectivity index (χ3n) is 3.85. The highest BCUT2D eigenvalue weighted by atomic mass is 32.2. The highest BCUT2D eigenvalue weighted by Crippen LogP contribution is 2.20. The zero-order valence-corrected chi connectivity index (χ0v) is 14.4. The molecule has 3 aliphatic rings. The van der Waals surface area contributed by atoms with E-state index in [4.69, 9.17) is 5.14 Å². The smallest absolute Gasteiger partial charge is 0.221 e. The van der Waals surface area contributed by atoms with Gasteiger partial charge in [-0.1, -0.05) is 12.1 Å². The molecule has 1 atom stereocenters. The van der Waals surface area contributed by atoms with Crippen LogP contribution < -0.4 is 15.8 Å². The first-order valence-electron chi connectivity index (χ1n) is 7.76. The Labute approximate surface area is 150 Å². The van der Waals surface area contributed by atoms with E-state index in [1.165, 1.54) is 0 Å². The molecule has 4 N–H and O–H groups in total. The molecule has 0 bridgehead atoms. The van der Waals surface area contributed by atoms with Gasteiger partial charge < -0.3 is 15.5 Å². The molecule has 0 aromatic heterocycles. The van der Waals surface area contributed by atoms with Gasteiger partial charge in [-0.05, 0) is 17.7 Å². The number of anilines is 1. The lowest BCUT2D eigenvalue weighted by Crippen LogP contribution is -2.39. The second-order valence-electron chi connectivity index (χ2n) is 5.93. The third kappa shape index (κ3) is 3.63. The predicted octanol–water partition coefficient (Wildman–Crippen LogP) is -0.202. The second kappa shape index (κ2) is 6.35. The number of hydrogen-bond donors (Lipinski definition) is 3. The van der Waals surface area contributed by atoms with Gasteiger partial charge in [0.2, 0.25) is 22.3 Å². The van der Waals surface area contributed by atoms with Gasteiger partial charge in [-0.2, -0.15) is 10.2 Å². The molecule has 1 aromatic carbocycles. The van der Waals surface area contributed by atoms with Crippen LogP contribution in [0.1, 0.15) is 5.56 Å². The second-order valence-corrected chi connectivity index (χ2v) is 7.54. The van der Waals surface area contributed by atoms with Crippen molar-refractivity contribution in [3.8, 4) is 0 Å². The molecular formula is C15H16N8O2S. The number of nitrogens with two attached hydrogens (primary N) is 1. The molecule has 3 heterocycles. The molecule has 11 heteroatoms. The maximum absolute atomic E-state index is 11.2. The van der Waals surface area contributed by atoms with Crippen molar-refractivity contribution in [3.63, 3.8) is 0 Å². The van der Waals surface area contributed by atoms with Crippen molar-refractivity contribution >= 4 is 39.9 Å². The Morgan fingerprint density at radius 3 is 3.08 bits per heavy atom. The van der Waals surface area contributed by atoms with Crippen LogP contribution in [0.5, 0.6) is 0 Å². The van der Waals surface area contributed by atoms with Gasteiger partial charge >= 0.3 is 0 Å². The van der Waals surface area contributed by atoms with E-state index in [1.807, 2.05) is 17.2 Å². The van der Waals surface area contributed by atoms with Crippen LogP contribution >= 0.6 is 0 Å². The van der Waals surface area contributed by atoms with Crippen molar-refractivity contribution in [2.75, 3.05) is 11.9 Å². The number of fused-ring (bicyclic) bond motifs is 1. The minimum Gasteiger partial charge on any atom is -0.331 e. The summed E-state index contributed by atoms with van der Waals surface area (Å²) in [6.45, 7) is 0.595. The van der Waals surface area contributed by atoms with E-state index in [0.29, 0.717) is 23.8 Å². The molecule has 4 rings (SSSR count). The topological polar surface area (TPSA) is 137 Å². The number of rotatable bonds is 4. The number of aliphatic imine (C=N–C) groups is 2. The number of hydrogen-bond acceptors (Lipinski definition) is 9. The molecule has 0 saturated carbocycles. The summed E-state index contributed by atoms with van der Waals surface area (Å²) < 4.78 is 22.5. The maximum atomic E-state index is 11.2. The van der Waals surface area contributed by atoms with Crippen molar-refractivity contribution in [1.82, 2.24) is 10.2 Å². The first kappa shape index (κ1) is 16.4. The average molecular weight is 372 g/mol. The van der Waals surface area contributed by atoms with E-state index in [-0.39, 0.29) is 5.75 Å². The van der Waals surface area contributed by atoms with Gasteiger partial charge in [-0.15, -0.1) is 0 Å². The molecule has 0 spiro atoms. The SMILES string of the molecule is NS(=O)(=O)Cc1cccc(NC2=NC(N3C=C4C=NN=C4C3)N=CN2)c1. The van der Waals surface area contributed by atoms with E-state index in [1.54, 1.807) is 30.8 Å². The number of sulfonamides is 1. The van der Waals surface area contributed by atoms with Crippen molar-refractivity contribution in [1.29, 1.82) is 0 Å². The van der Waals surface area contributed by atoms with Crippen LogP contribution in [0.4, 0.5) is 5.69 Å². The summed E-state index contributed by atoms with van der Waals surface area (Å²) in [5, 5.41) is 19.1. The average Bonchev–Trinajstić information content (AvgIpc) is 3.15. The highest BCUT2D eigenvalue weighted by molar-refractivity contribution is 7.88. The highest BCUT2D eigenvalue weighted by Gasteiger charge is 2.27. The predicted molar refractivity (Wildman–Crippen MR) is 100 cm³/mol. The Balaban J connectivity index is 1.48. The summed E-state index contributed by atoms with van der Waals surface area (Å²) >= 11 is 0. The van der Waals surface area contributed by atoms with Crippen molar-refractivity contribution in [2.45, 2.75) is 12.0 Å². The molecule has 0 radical (unpaired) electrons. The zero-order valence-electron chi connectivity index (χ0n) is 13.6. The van der Waals surface area contributed by atoms with Gasteiger partial charge in [-0.3, -0.25) is 0 Å². The van der Waals surface area contributed by atoms with Gasteiger partial charge in [0.1, 0.15) is 0 Å². The molecular weight excluding hydrogens is 356 g/mol. The minimum absolute atomic E-state index is 0.225. The molecule has 1 aromatic rings. The number of guanidine groups is 1. The van der Waals surface area contributed by atoms with Crippen LogP contribution in [-0.4, -0.2) is 50.4 Å².